The van der Waals surface area contributed by atoms with Gasteiger partial charge in [-0.2, -0.15) is 0 Å². The third kappa shape index (κ3) is 1.56. The second-order valence-corrected chi connectivity index (χ2v) is 7.51. The number of aromatic hydroxyl groups is 1. The SMILES string of the molecule is CC(=O)O[C@H]1C=CC2[C@H]3Cc4ccc(O)c5c4[C@@]2(CCN3C)[C@H]1O5. The molecule has 2 heterocycles. The molecule has 24 heavy (non-hydrogen) atoms. The highest BCUT2D eigenvalue weighted by Gasteiger charge is 2.64. The number of benzene rings is 1. The van der Waals surface area contributed by atoms with Gasteiger partial charge in [-0.25, -0.2) is 0 Å². The highest BCUT2D eigenvalue weighted by atomic mass is 16.6. The summed E-state index contributed by atoms with van der Waals surface area (Å²) >= 11 is 0. The highest BCUT2D eigenvalue weighted by molar-refractivity contribution is 5.67. The molecule has 126 valence electrons. The predicted molar refractivity (Wildman–Crippen MR) is 87.1 cm³/mol. The number of phenolic OH excluding ortho intramolecular Hbond substituents is 1. The first kappa shape index (κ1) is 14.3. The van der Waals surface area contributed by atoms with Crippen LogP contribution in [0.3, 0.4) is 0 Å². The molecule has 0 amide bonds. The maximum atomic E-state index is 11.6. The average Bonchev–Trinajstić information content (AvgIpc) is 2.89. The summed E-state index contributed by atoms with van der Waals surface area (Å²) in [7, 11) is 2.18. The third-order valence-electron chi connectivity index (χ3n) is 6.43. The zero-order chi connectivity index (χ0) is 16.6. The minimum absolute atomic E-state index is 0.190. The molecule has 1 fully saturated rings. The molecule has 1 N–H and O–H groups in total. The topological polar surface area (TPSA) is 59.0 Å². The van der Waals surface area contributed by atoms with Gasteiger partial charge in [0.2, 0.25) is 0 Å². The van der Waals surface area contributed by atoms with Crippen LogP contribution in [0.5, 0.6) is 11.5 Å². The van der Waals surface area contributed by atoms with Gasteiger partial charge in [-0.15, -0.1) is 0 Å². The summed E-state index contributed by atoms with van der Waals surface area (Å²) in [6.07, 6.45) is 5.45. The monoisotopic (exact) mass is 327 g/mol. The van der Waals surface area contributed by atoms with Gasteiger partial charge in [0.05, 0.1) is 0 Å². The Kier molecular flexibility index (Phi) is 2.71. The summed E-state index contributed by atoms with van der Waals surface area (Å²) in [5.74, 6) is 0.814. The molecule has 2 aliphatic carbocycles. The summed E-state index contributed by atoms with van der Waals surface area (Å²) < 4.78 is 11.8. The molecule has 0 saturated carbocycles. The fourth-order valence-corrected chi connectivity index (χ4v) is 5.51. The van der Waals surface area contributed by atoms with Crippen LogP contribution in [0.15, 0.2) is 24.3 Å². The number of likely N-dealkylation sites (tertiary alicyclic amines) is 1. The van der Waals surface area contributed by atoms with Crippen LogP contribution in [0.2, 0.25) is 0 Å². The number of nitrogens with zero attached hydrogens (tertiary/aromatic N) is 1. The molecule has 1 spiro atoms. The Balaban J connectivity index is 1.74. The molecule has 1 aromatic rings. The molecular formula is C19H21NO4. The number of ether oxygens (including phenoxy) is 2. The standard InChI is InChI=1S/C19H21NO4/c1-10(21)23-15-6-4-12-13-9-11-3-5-14(22)17-16(11)19(12,18(15)24-17)7-8-20(13)2/h3-6,12-13,15,18,22H,7-9H2,1-2H3/t12?,13-,15+,18+,19+/m1/s1. The fraction of sp³-hybridized carbons (Fsp3) is 0.526. The van der Waals surface area contributed by atoms with E-state index < -0.39 is 6.10 Å². The molecule has 1 saturated heterocycles. The van der Waals surface area contributed by atoms with E-state index in [1.165, 1.54) is 12.5 Å². The lowest BCUT2D eigenvalue weighted by Crippen LogP contribution is -2.65. The first-order valence-corrected chi connectivity index (χ1v) is 8.60. The maximum Gasteiger partial charge on any atom is 0.303 e. The molecule has 5 rings (SSSR count). The van der Waals surface area contributed by atoms with E-state index in [1.54, 1.807) is 6.07 Å². The number of piperidine rings is 1. The first-order valence-electron chi connectivity index (χ1n) is 8.60. The summed E-state index contributed by atoms with van der Waals surface area (Å²) in [6.45, 7) is 2.41. The molecule has 0 aromatic heterocycles. The first-order chi connectivity index (χ1) is 11.5. The second kappa shape index (κ2) is 4.54. The molecule has 5 nitrogen and oxygen atoms in total. The van der Waals surface area contributed by atoms with Gasteiger partial charge in [-0.3, -0.25) is 4.79 Å². The van der Waals surface area contributed by atoms with Crippen LogP contribution in [0.25, 0.3) is 0 Å². The van der Waals surface area contributed by atoms with Crippen LogP contribution in [0.1, 0.15) is 24.5 Å². The Hall–Kier alpha value is -2.01. The van der Waals surface area contributed by atoms with E-state index in [0.717, 1.165) is 24.9 Å². The molecule has 0 radical (unpaired) electrons. The Labute approximate surface area is 140 Å². The van der Waals surface area contributed by atoms with Crippen molar-refractivity contribution >= 4 is 5.97 Å². The zero-order valence-corrected chi connectivity index (χ0v) is 13.9. The van der Waals surface area contributed by atoms with Crippen molar-refractivity contribution in [3.8, 4) is 11.5 Å². The summed E-state index contributed by atoms with van der Waals surface area (Å²) in [6, 6.07) is 4.18. The van der Waals surface area contributed by atoms with Gasteiger partial charge in [0.15, 0.2) is 17.6 Å². The van der Waals surface area contributed by atoms with Gasteiger partial charge in [-0.05, 0) is 44.1 Å². The van der Waals surface area contributed by atoms with Crippen molar-refractivity contribution < 1.29 is 19.4 Å². The van der Waals surface area contributed by atoms with Crippen molar-refractivity contribution in [2.45, 2.75) is 43.4 Å². The molecule has 2 aliphatic heterocycles. The quantitative estimate of drug-likeness (QED) is 0.629. The van der Waals surface area contributed by atoms with Crippen molar-refractivity contribution in [3.05, 3.63) is 35.4 Å². The Morgan fingerprint density at radius 3 is 3.04 bits per heavy atom. The van der Waals surface area contributed by atoms with E-state index in [4.69, 9.17) is 9.47 Å². The lowest BCUT2D eigenvalue weighted by atomic mass is 9.53. The molecule has 1 aromatic carbocycles. The molecular weight excluding hydrogens is 306 g/mol. The van der Waals surface area contributed by atoms with Gasteiger partial charge in [0, 0.05) is 29.9 Å². The van der Waals surface area contributed by atoms with Gasteiger partial charge in [0.25, 0.3) is 0 Å². The lowest BCUT2D eigenvalue weighted by Gasteiger charge is -2.56. The fourth-order valence-electron chi connectivity index (χ4n) is 5.51. The number of hydrogen-bond acceptors (Lipinski definition) is 5. The third-order valence-corrected chi connectivity index (χ3v) is 6.43. The van der Waals surface area contributed by atoms with Gasteiger partial charge < -0.3 is 19.5 Å². The molecule has 5 heteroatoms. The minimum Gasteiger partial charge on any atom is -0.504 e. The highest BCUT2D eigenvalue weighted by Crippen LogP contribution is 2.62. The molecule has 4 aliphatic rings. The lowest BCUT2D eigenvalue weighted by molar-refractivity contribution is -0.152. The van der Waals surface area contributed by atoms with Gasteiger partial charge >= 0.3 is 5.97 Å². The van der Waals surface area contributed by atoms with Gasteiger partial charge in [-0.1, -0.05) is 12.1 Å². The number of rotatable bonds is 1. The summed E-state index contributed by atoms with van der Waals surface area (Å²) in [4.78, 5) is 14.0. The van der Waals surface area contributed by atoms with Crippen LogP contribution in [-0.2, 0) is 21.4 Å². The van der Waals surface area contributed by atoms with Gasteiger partial charge in [0.1, 0.15) is 6.10 Å². The van der Waals surface area contributed by atoms with E-state index in [1.807, 2.05) is 12.1 Å². The minimum atomic E-state index is -0.402. The molecule has 5 atom stereocenters. The van der Waals surface area contributed by atoms with Crippen LogP contribution in [0.4, 0.5) is 0 Å². The van der Waals surface area contributed by atoms with Crippen molar-refractivity contribution in [1.29, 1.82) is 0 Å². The zero-order valence-electron chi connectivity index (χ0n) is 13.9. The van der Waals surface area contributed by atoms with E-state index in [0.29, 0.717) is 17.7 Å². The number of hydrogen-bond donors (Lipinski definition) is 1. The maximum absolute atomic E-state index is 11.6. The number of esters is 1. The normalized spacial score (nSPS) is 38.4. The van der Waals surface area contributed by atoms with E-state index in [2.05, 4.69) is 18.0 Å². The average molecular weight is 327 g/mol. The smallest absolute Gasteiger partial charge is 0.303 e. The van der Waals surface area contributed by atoms with E-state index >= 15 is 0 Å². The Bertz CT molecular complexity index is 773. The second-order valence-electron chi connectivity index (χ2n) is 7.51. The van der Waals surface area contributed by atoms with Crippen LogP contribution in [-0.4, -0.2) is 47.8 Å². The van der Waals surface area contributed by atoms with Crippen LogP contribution >= 0.6 is 0 Å². The Morgan fingerprint density at radius 2 is 2.25 bits per heavy atom. The largest absolute Gasteiger partial charge is 0.504 e. The van der Waals surface area contributed by atoms with Crippen molar-refractivity contribution in [1.82, 2.24) is 4.90 Å². The number of likely N-dealkylation sites (N-methyl/N-ethyl adjacent to an activating group) is 1. The van der Waals surface area contributed by atoms with Crippen LogP contribution in [0, 0.1) is 5.92 Å². The summed E-state index contributed by atoms with van der Waals surface area (Å²) in [5, 5.41) is 10.4. The van der Waals surface area contributed by atoms with E-state index in [-0.39, 0.29) is 23.2 Å². The number of carbonyl (C=O) groups excluding carboxylic acids is 1. The number of phenols is 1. The summed E-state index contributed by atoms with van der Waals surface area (Å²) in [5.41, 5.74) is 2.21. The van der Waals surface area contributed by atoms with Crippen molar-refractivity contribution in [3.63, 3.8) is 0 Å². The molecule has 1 unspecified atom stereocenters. The number of carbonyl (C=O) groups is 1. The van der Waals surface area contributed by atoms with Crippen molar-refractivity contribution in [2.75, 3.05) is 13.6 Å². The molecule has 2 bridgehead atoms. The van der Waals surface area contributed by atoms with E-state index in [9.17, 15) is 9.90 Å². The Morgan fingerprint density at radius 1 is 1.42 bits per heavy atom. The van der Waals surface area contributed by atoms with Crippen molar-refractivity contribution in [2.24, 2.45) is 5.92 Å². The predicted octanol–water partition coefficient (Wildman–Crippen LogP) is 1.77. The van der Waals surface area contributed by atoms with Crippen LogP contribution < -0.4 is 4.74 Å².